The predicted molar refractivity (Wildman–Crippen MR) is 128 cm³/mol. The molecule has 0 saturated heterocycles. The molecule has 0 unspecified atom stereocenters. The van der Waals surface area contributed by atoms with E-state index in [0.29, 0.717) is 66.6 Å². The number of carbonyl (C=O) groups is 3. The molecule has 1 aliphatic carbocycles. The number of hydrogen-bond donors (Lipinski definition) is 2. The van der Waals surface area contributed by atoms with Gasteiger partial charge in [0, 0.05) is 23.2 Å². The Morgan fingerprint density at radius 3 is 2.47 bits per heavy atom. The topological polar surface area (TPSA) is 92.7 Å². The molecule has 1 aliphatic rings. The van der Waals surface area contributed by atoms with E-state index in [1.54, 1.807) is 36.4 Å². The molecule has 2 N–H and O–H groups in total. The molecule has 4 rings (SSSR count). The highest BCUT2D eigenvalue weighted by atomic mass is 32.1. The number of hydrogen-bond acceptors (Lipinski definition) is 5. The van der Waals surface area contributed by atoms with E-state index in [0.717, 1.165) is 4.70 Å². The standard InChI is InChI=1S/C26H26FNO5S/c27-19-7-12-23-18(14-19)15-24(34-23)25(30)28-13-1-2-22(29)16-3-8-20(9-4-16)33-21-10-5-17(6-11-21)26(31)32/h3-4,7-9,12,14-15,17,21H,1-2,5-6,10-11,13H2,(H,28,30)(H,31,32). The lowest BCUT2D eigenvalue weighted by molar-refractivity contribution is -0.143. The maximum Gasteiger partial charge on any atom is 0.306 e. The van der Waals surface area contributed by atoms with Gasteiger partial charge >= 0.3 is 5.97 Å². The van der Waals surface area contributed by atoms with Gasteiger partial charge in [-0.25, -0.2) is 4.39 Å². The highest BCUT2D eigenvalue weighted by molar-refractivity contribution is 7.20. The summed E-state index contributed by atoms with van der Waals surface area (Å²) < 4.78 is 20.1. The molecule has 1 saturated carbocycles. The van der Waals surface area contributed by atoms with Gasteiger partial charge in [0.2, 0.25) is 0 Å². The molecule has 1 heterocycles. The Bertz CT molecular complexity index is 1180. The number of amides is 1. The SMILES string of the molecule is O=C(CCCNC(=O)c1cc2cc(F)ccc2s1)c1ccc(OC2CCC(C(=O)O)CC2)cc1. The number of Topliss-reactive ketones (excluding diaryl/α,β-unsaturated/α-hetero) is 1. The molecule has 6 nitrogen and oxygen atoms in total. The van der Waals surface area contributed by atoms with Crippen LogP contribution in [0.2, 0.25) is 0 Å². The second-order valence-corrected chi connectivity index (χ2v) is 9.61. The highest BCUT2D eigenvalue weighted by Crippen LogP contribution is 2.28. The fraction of sp³-hybridized carbons (Fsp3) is 0.346. The fourth-order valence-electron chi connectivity index (χ4n) is 4.15. The molecule has 0 aliphatic heterocycles. The molecule has 178 valence electrons. The summed E-state index contributed by atoms with van der Waals surface area (Å²) >= 11 is 1.31. The van der Waals surface area contributed by atoms with Gasteiger partial charge in [0.25, 0.3) is 5.91 Å². The number of nitrogens with one attached hydrogen (secondary N) is 1. The van der Waals surface area contributed by atoms with Crippen LogP contribution in [0, 0.1) is 11.7 Å². The average Bonchev–Trinajstić information content (AvgIpc) is 3.26. The van der Waals surface area contributed by atoms with Crippen LogP contribution in [0.4, 0.5) is 4.39 Å². The Morgan fingerprint density at radius 2 is 1.76 bits per heavy atom. The summed E-state index contributed by atoms with van der Waals surface area (Å²) in [5.41, 5.74) is 0.583. The van der Waals surface area contributed by atoms with E-state index in [4.69, 9.17) is 9.84 Å². The van der Waals surface area contributed by atoms with Crippen LogP contribution in [0.15, 0.2) is 48.5 Å². The number of carboxylic acids is 1. The first kappa shape index (κ1) is 23.9. The summed E-state index contributed by atoms with van der Waals surface area (Å²) in [6, 6.07) is 13.1. The molecule has 3 aromatic rings. The van der Waals surface area contributed by atoms with Gasteiger partial charge in [0.15, 0.2) is 5.78 Å². The molecule has 34 heavy (non-hydrogen) atoms. The van der Waals surface area contributed by atoms with Crippen molar-refractivity contribution in [1.29, 1.82) is 0 Å². The third kappa shape index (κ3) is 5.99. The molecule has 8 heteroatoms. The molecule has 1 aromatic heterocycles. The van der Waals surface area contributed by atoms with E-state index < -0.39 is 5.97 Å². The van der Waals surface area contributed by atoms with Crippen molar-refractivity contribution >= 4 is 39.1 Å². The first-order chi connectivity index (χ1) is 16.4. The number of carbonyl (C=O) groups excluding carboxylic acids is 2. The van der Waals surface area contributed by atoms with Crippen molar-refractivity contribution < 1.29 is 28.6 Å². The lowest BCUT2D eigenvalue weighted by Gasteiger charge is -2.26. The van der Waals surface area contributed by atoms with Crippen LogP contribution in [0.1, 0.15) is 58.6 Å². The van der Waals surface area contributed by atoms with Gasteiger partial charge in [-0.05, 0) is 86.0 Å². The van der Waals surface area contributed by atoms with Gasteiger partial charge in [0.1, 0.15) is 11.6 Å². The predicted octanol–water partition coefficient (Wildman–Crippen LogP) is 5.46. The highest BCUT2D eigenvalue weighted by Gasteiger charge is 2.26. The number of halogens is 1. The molecule has 0 spiro atoms. The number of fused-ring (bicyclic) bond motifs is 1. The Balaban J connectivity index is 1.19. The van der Waals surface area contributed by atoms with Crippen molar-refractivity contribution in [2.75, 3.05) is 6.54 Å². The summed E-state index contributed by atoms with van der Waals surface area (Å²) in [5.74, 6) is -0.922. The average molecular weight is 484 g/mol. The lowest BCUT2D eigenvalue weighted by atomic mass is 9.87. The second kappa shape index (κ2) is 10.8. The number of aliphatic carboxylic acids is 1. The van der Waals surface area contributed by atoms with Crippen molar-refractivity contribution in [2.24, 2.45) is 5.92 Å². The minimum atomic E-state index is -0.738. The van der Waals surface area contributed by atoms with Gasteiger partial charge in [0.05, 0.1) is 16.9 Å². The van der Waals surface area contributed by atoms with Gasteiger partial charge < -0.3 is 15.2 Å². The summed E-state index contributed by atoms with van der Waals surface area (Å²) in [4.78, 5) is 36.4. The summed E-state index contributed by atoms with van der Waals surface area (Å²) in [5, 5.41) is 12.6. The number of thiophene rings is 1. The number of ether oxygens (including phenoxy) is 1. The maximum absolute atomic E-state index is 13.3. The number of ketones is 1. The van der Waals surface area contributed by atoms with Crippen LogP contribution in [0.25, 0.3) is 10.1 Å². The summed E-state index contributed by atoms with van der Waals surface area (Å²) in [6.45, 7) is 0.368. The molecule has 1 amide bonds. The van der Waals surface area contributed by atoms with E-state index in [1.807, 2.05) is 0 Å². The van der Waals surface area contributed by atoms with Crippen LogP contribution in [-0.2, 0) is 4.79 Å². The van der Waals surface area contributed by atoms with Crippen molar-refractivity contribution in [1.82, 2.24) is 5.32 Å². The van der Waals surface area contributed by atoms with E-state index >= 15 is 0 Å². The second-order valence-electron chi connectivity index (χ2n) is 8.53. The minimum absolute atomic E-state index is 0.000670. The largest absolute Gasteiger partial charge is 0.490 e. The van der Waals surface area contributed by atoms with Crippen LogP contribution in [-0.4, -0.2) is 35.4 Å². The van der Waals surface area contributed by atoms with E-state index in [2.05, 4.69) is 5.32 Å². The Morgan fingerprint density at radius 1 is 1.03 bits per heavy atom. The minimum Gasteiger partial charge on any atom is -0.490 e. The fourth-order valence-corrected chi connectivity index (χ4v) is 5.11. The first-order valence-electron chi connectivity index (χ1n) is 11.4. The monoisotopic (exact) mass is 483 g/mol. The quantitative estimate of drug-likeness (QED) is 0.312. The van der Waals surface area contributed by atoms with Crippen molar-refractivity contribution in [2.45, 2.75) is 44.6 Å². The molecular weight excluding hydrogens is 457 g/mol. The number of rotatable bonds is 9. The zero-order valence-corrected chi connectivity index (χ0v) is 19.4. The van der Waals surface area contributed by atoms with E-state index in [9.17, 15) is 18.8 Å². The summed E-state index contributed by atoms with van der Waals surface area (Å²) in [6.07, 6.45) is 3.47. The third-order valence-electron chi connectivity index (χ3n) is 6.07. The molecule has 0 radical (unpaired) electrons. The molecule has 1 fully saturated rings. The zero-order valence-electron chi connectivity index (χ0n) is 18.6. The van der Waals surface area contributed by atoms with Crippen molar-refractivity contribution in [3.05, 3.63) is 64.8 Å². The van der Waals surface area contributed by atoms with Gasteiger partial charge in [-0.1, -0.05) is 0 Å². The number of benzene rings is 2. The van der Waals surface area contributed by atoms with Gasteiger partial charge in [-0.2, -0.15) is 0 Å². The van der Waals surface area contributed by atoms with E-state index in [-0.39, 0.29) is 29.5 Å². The zero-order chi connectivity index (χ0) is 24.1. The summed E-state index contributed by atoms with van der Waals surface area (Å²) in [7, 11) is 0. The van der Waals surface area contributed by atoms with Crippen molar-refractivity contribution in [3.8, 4) is 5.75 Å². The van der Waals surface area contributed by atoms with Crippen LogP contribution in [0.3, 0.4) is 0 Å². The van der Waals surface area contributed by atoms with Crippen molar-refractivity contribution in [3.63, 3.8) is 0 Å². The smallest absolute Gasteiger partial charge is 0.306 e. The number of carboxylic acid groups (broad SMARTS) is 1. The lowest BCUT2D eigenvalue weighted by Crippen LogP contribution is -2.27. The Labute approximate surface area is 200 Å². The first-order valence-corrected chi connectivity index (χ1v) is 12.2. The normalized spacial score (nSPS) is 17.9. The van der Waals surface area contributed by atoms with Crippen LogP contribution in [0.5, 0.6) is 5.75 Å². The van der Waals surface area contributed by atoms with Crippen LogP contribution < -0.4 is 10.1 Å². The van der Waals surface area contributed by atoms with Gasteiger partial charge in [-0.15, -0.1) is 11.3 Å². The molecule has 0 atom stereocenters. The third-order valence-corrected chi connectivity index (χ3v) is 7.19. The molecule has 0 bridgehead atoms. The molecular formula is C26H26FNO5S. The van der Waals surface area contributed by atoms with Gasteiger partial charge in [-0.3, -0.25) is 14.4 Å². The molecule has 2 aromatic carbocycles. The Kier molecular flexibility index (Phi) is 7.57. The van der Waals surface area contributed by atoms with Crippen LogP contribution >= 0.6 is 11.3 Å². The van der Waals surface area contributed by atoms with E-state index in [1.165, 1.54) is 23.5 Å². The Hall–Kier alpha value is -3.26. The maximum atomic E-state index is 13.3.